The smallest absolute Gasteiger partial charge is 0.311 e. The molecule has 0 unspecified atom stereocenters. The van der Waals surface area contributed by atoms with Gasteiger partial charge in [0.15, 0.2) is 0 Å². The molecule has 0 aromatic heterocycles. The van der Waals surface area contributed by atoms with Gasteiger partial charge in [-0.15, -0.1) is 0 Å². The lowest BCUT2D eigenvalue weighted by Crippen LogP contribution is -2.18. The van der Waals surface area contributed by atoms with Crippen LogP contribution in [0.4, 0.5) is 0 Å². The van der Waals surface area contributed by atoms with Crippen molar-refractivity contribution in [1.29, 1.82) is 0 Å². The van der Waals surface area contributed by atoms with Gasteiger partial charge in [0, 0.05) is 11.6 Å². The largest absolute Gasteiger partial charge is 0.490 e. The van der Waals surface area contributed by atoms with E-state index in [1.165, 1.54) is 6.08 Å². The number of fused-ring (bicyclic) bond motifs is 1. The predicted molar refractivity (Wildman–Crippen MR) is 120 cm³/mol. The zero-order valence-corrected chi connectivity index (χ0v) is 18.4. The van der Waals surface area contributed by atoms with Crippen molar-refractivity contribution in [2.75, 3.05) is 13.2 Å². The highest BCUT2D eigenvalue weighted by atomic mass is 16.5. The Kier molecular flexibility index (Phi) is 8.27. The summed E-state index contributed by atoms with van der Waals surface area (Å²) >= 11 is 0. The fraction of sp³-hybridized carbons (Fsp3) is 0.360. The lowest BCUT2D eigenvalue weighted by molar-refractivity contribution is -0.135. The van der Waals surface area contributed by atoms with E-state index in [1.54, 1.807) is 17.6 Å². The minimum absolute atomic E-state index is 0.200. The van der Waals surface area contributed by atoms with Crippen LogP contribution in [0.1, 0.15) is 43.4 Å². The van der Waals surface area contributed by atoms with Gasteiger partial charge in [0.2, 0.25) is 0 Å². The number of benzene rings is 2. The van der Waals surface area contributed by atoms with Crippen molar-refractivity contribution in [2.24, 2.45) is 5.92 Å². The molecule has 2 N–H and O–H groups in total. The minimum Gasteiger partial charge on any atom is -0.490 e. The molecule has 2 aromatic carbocycles. The normalized spacial score (nSPS) is 13.1. The first kappa shape index (κ1) is 23.3. The molecule has 0 aliphatic carbocycles. The Labute approximate surface area is 187 Å². The standard InChI is InChI=1S/C25H29NO6/c1-17(2)6-10-21-22(11-8-19-9-13-24(28)32-25(19)21)31-15-14-30-20-5-3-4-18(16-20)7-12-23(27)26-29/h3-5,7-8,11-12,16-17,29H,6,9-10,13-15H2,1-2H3,(H,26,27). The van der Waals surface area contributed by atoms with E-state index in [0.717, 1.165) is 35.3 Å². The van der Waals surface area contributed by atoms with Gasteiger partial charge < -0.3 is 14.2 Å². The first-order chi connectivity index (χ1) is 15.5. The number of aryl methyl sites for hydroxylation is 1. The molecule has 0 radical (unpaired) electrons. The van der Waals surface area contributed by atoms with Gasteiger partial charge in [-0.25, -0.2) is 5.48 Å². The number of ether oxygens (including phenoxy) is 3. The highest BCUT2D eigenvalue weighted by molar-refractivity contribution is 5.90. The number of hydrogen-bond donors (Lipinski definition) is 2. The molecule has 0 spiro atoms. The molecule has 0 fully saturated rings. The van der Waals surface area contributed by atoms with Gasteiger partial charge in [0.05, 0.1) is 6.42 Å². The summed E-state index contributed by atoms with van der Waals surface area (Å²) in [4.78, 5) is 23.0. The summed E-state index contributed by atoms with van der Waals surface area (Å²) in [5, 5.41) is 8.55. The molecule has 170 valence electrons. The molecule has 0 bridgehead atoms. The molecule has 1 heterocycles. The topological polar surface area (TPSA) is 94.1 Å². The Balaban J connectivity index is 1.62. The van der Waals surface area contributed by atoms with E-state index in [2.05, 4.69) is 13.8 Å². The van der Waals surface area contributed by atoms with E-state index in [-0.39, 0.29) is 5.97 Å². The van der Waals surface area contributed by atoms with Gasteiger partial charge in [0.25, 0.3) is 5.91 Å². The molecule has 32 heavy (non-hydrogen) atoms. The van der Waals surface area contributed by atoms with Crippen molar-refractivity contribution < 1.29 is 29.0 Å². The molecule has 0 saturated heterocycles. The lowest BCUT2D eigenvalue weighted by atomic mass is 9.96. The van der Waals surface area contributed by atoms with Gasteiger partial charge in [-0.1, -0.05) is 32.0 Å². The highest BCUT2D eigenvalue weighted by Crippen LogP contribution is 2.37. The van der Waals surface area contributed by atoms with Gasteiger partial charge in [-0.3, -0.25) is 14.8 Å². The van der Waals surface area contributed by atoms with Crippen molar-refractivity contribution >= 4 is 18.0 Å². The van der Waals surface area contributed by atoms with Crippen LogP contribution >= 0.6 is 0 Å². The van der Waals surface area contributed by atoms with E-state index in [1.807, 2.05) is 30.3 Å². The molecule has 7 nitrogen and oxygen atoms in total. The van der Waals surface area contributed by atoms with Crippen LogP contribution in [0.2, 0.25) is 0 Å². The molecule has 1 amide bonds. The summed E-state index contributed by atoms with van der Waals surface area (Å²) in [5.74, 6) is 1.73. The quantitative estimate of drug-likeness (QED) is 0.145. The molecular weight excluding hydrogens is 410 g/mol. The number of carbonyl (C=O) groups is 2. The molecule has 1 aliphatic rings. The SMILES string of the molecule is CC(C)CCc1c(OCCOc2cccc(C=CC(=O)NO)c2)ccc2c1OC(=O)CC2. The van der Waals surface area contributed by atoms with Crippen molar-refractivity contribution in [3.8, 4) is 17.2 Å². The maximum Gasteiger partial charge on any atom is 0.311 e. The van der Waals surface area contributed by atoms with Crippen LogP contribution in [0.15, 0.2) is 42.5 Å². The maximum atomic E-state index is 11.9. The van der Waals surface area contributed by atoms with E-state index in [0.29, 0.717) is 43.5 Å². The second kappa shape index (κ2) is 11.3. The zero-order valence-electron chi connectivity index (χ0n) is 18.4. The molecule has 0 saturated carbocycles. The van der Waals surface area contributed by atoms with Crippen LogP contribution < -0.4 is 19.7 Å². The van der Waals surface area contributed by atoms with E-state index in [9.17, 15) is 9.59 Å². The van der Waals surface area contributed by atoms with Crippen molar-refractivity contribution in [2.45, 2.75) is 39.5 Å². The van der Waals surface area contributed by atoms with Crippen molar-refractivity contribution in [3.63, 3.8) is 0 Å². The summed E-state index contributed by atoms with van der Waals surface area (Å²) in [5.41, 5.74) is 4.30. The third-order valence-corrected chi connectivity index (χ3v) is 5.09. The Morgan fingerprint density at radius 2 is 2.00 bits per heavy atom. The maximum absolute atomic E-state index is 11.9. The molecule has 0 atom stereocenters. The van der Waals surface area contributed by atoms with Crippen LogP contribution in [-0.2, 0) is 22.4 Å². The number of esters is 1. The first-order valence-electron chi connectivity index (χ1n) is 10.8. The highest BCUT2D eigenvalue weighted by Gasteiger charge is 2.23. The number of rotatable bonds is 10. The Hall–Kier alpha value is -3.32. The summed E-state index contributed by atoms with van der Waals surface area (Å²) in [6.07, 6.45) is 5.64. The second-order valence-corrected chi connectivity index (χ2v) is 8.02. The molecule has 1 aliphatic heterocycles. The third kappa shape index (κ3) is 6.59. The number of nitrogens with one attached hydrogen (secondary N) is 1. The predicted octanol–water partition coefficient (Wildman–Crippen LogP) is 4.10. The summed E-state index contributed by atoms with van der Waals surface area (Å²) in [7, 11) is 0. The lowest BCUT2D eigenvalue weighted by Gasteiger charge is -2.22. The number of hydrogen-bond acceptors (Lipinski definition) is 6. The fourth-order valence-electron chi connectivity index (χ4n) is 3.42. The number of amides is 1. The molecular formula is C25H29NO6. The van der Waals surface area contributed by atoms with Crippen LogP contribution in [0, 0.1) is 5.92 Å². The average Bonchev–Trinajstić information content (AvgIpc) is 2.79. The van der Waals surface area contributed by atoms with Gasteiger partial charge >= 0.3 is 5.97 Å². The second-order valence-electron chi connectivity index (χ2n) is 8.02. The average molecular weight is 440 g/mol. The summed E-state index contributed by atoms with van der Waals surface area (Å²) < 4.78 is 17.4. The monoisotopic (exact) mass is 439 g/mol. The molecule has 7 heteroatoms. The van der Waals surface area contributed by atoms with Gasteiger partial charge in [-0.2, -0.15) is 0 Å². The first-order valence-corrected chi connectivity index (χ1v) is 10.8. The van der Waals surface area contributed by atoms with Crippen LogP contribution in [0.25, 0.3) is 6.08 Å². The van der Waals surface area contributed by atoms with E-state index in [4.69, 9.17) is 19.4 Å². The third-order valence-electron chi connectivity index (χ3n) is 5.09. The van der Waals surface area contributed by atoms with E-state index < -0.39 is 5.91 Å². The summed E-state index contributed by atoms with van der Waals surface area (Å²) in [6, 6.07) is 11.2. The van der Waals surface area contributed by atoms with Crippen molar-refractivity contribution in [3.05, 3.63) is 59.2 Å². The minimum atomic E-state index is -0.603. The Morgan fingerprint density at radius 3 is 2.78 bits per heavy atom. The van der Waals surface area contributed by atoms with E-state index >= 15 is 0 Å². The molecule has 2 aromatic rings. The van der Waals surface area contributed by atoms with Crippen LogP contribution in [0.3, 0.4) is 0 Å². The Bertz CT molecular complexity index is 982. The zero-order chi connectivity index (χ0) is 22.9. The van der Waals surface area contributed by atoms with Crippen molar-refractivity contribution in [1.82, 2.24) is 5.48 Å². The van der Waals surface area contributed by atoms with Crippen LogP contribution in [-0.4, -0.2) is 30.3 Å². The van der Waals surface area contributed by atoms with Gasteiger partial charge in [-0.05, 0) is 60.6 Å². The number of hydroxylamine groups is 1. The van der Waals surface area contributed by atoms with Gasteiger partial charge in [0.1, 0.15) is 30.5 Å². The number of carbonyl (C=O) groups excluding carboxylic acids is 2. The molecule has 3 rings (SSSR count). The Morgan fingerprint density at radius 1 is 1.19 bits per heavy atom. The fourth-order valence-corrected chi connectivity index (χ4v) is 3.42. The summed E-state index contributed by atoms with van der Waals surface area (Å²) in [6.45, 7) is 4.98. The van der Waals surface area contributed by atoms with Crippen LogP contribution in [0.5, 0.6) is 17.2 Å².